The molecule has 4 aromatic rings. The van der Waals surface area contributed by atoms with Crippen molar-refractivity contribution in [1.29, 1.82) is 0 Å². The molecule has 1 unspecified atom stereocenters. The zero-order valence-electron chi connectivity index (χ0n) is 19.5. The van der Waals surface area contributed by atoms with Gasteiger partial charge in [0.15, 0.2) is 0 Å². The number of benzene rings is 3. The maximum atomic E-state index is 13.3. The maximum Gasteiger partial charge on any atom is 0.277 e. The summed E-state index contributed by atoms with van der Waals surface area (Å²) in [4.78, 5) is 13.7. The molecule has 7 nitrogen and oxygen atoms in total. The zero-order chi connectivity index (χ0) is 25.1. The van der Waals surface area contributed by atoms with Crippen LogP contribution in [0, 0.1) is 0 Å². The van der Waals surface area contributed by atoms with Gasteiger partial charge in [-0.2, -0.15) is 4.31 Å². The third-order valence-electron chi connectivity index (χ3n) is 6.24. The highest BCUT2D eigenvalue weighted by atomic mass is 32.2. The van der Waals surface area contributed by atoms with E-state index < -0.39 is 26.9 Å². The Balaban J connectivity index is 1.25. The van der Waals surface area contributed by atoms with Gasteiger partial charge in [0, 0.05) is 29.4 Å². The summed E-state index contributed by atoms with van der Waals surface area (Å²) in [7, 11) is -5.18. The van der Waals surface area contributed by atoms with Gasteiger partial charge < -0.3 is 9.73 Å². The van der Waals surface area contributed by atoms with E-state index in [1.165, 1.54) is 10.4 Å². The summed E-state index contributed by atoms with van der Waals surface area (Å²) in [6.07, 6.45) is 1.03. The van der Waals surface area contributed by atoms with Crippen LogP contribution in [0.3, 0.4) is 0 Å². The molecule has 2 heterocycles. The van der Waals surface area contributed by atoms with Crippen LogP contribution in [-0.2, 0) is 37.9 Å². The van der Waals surface area contributed by atoms with Crippen molar-refractivity contribution in [2.24, 2.45) is 0 Å². The van der Waals surface area contributed by atoms with Crippen molar-refractivity contribution in [2.45, 2.75) is 41.2 Å². The fourth-order valence-corrected chi connectivity index (χ4v) is 7.19. The number of sulfonamides is 1. The molecular formula is C27H26N2O5S2. The van der Waals surface area contributed by atoms with Gasteiger partial charge >= 0.3 is 0 Å². The lowest BCUT2D eigenvalue weighted by Crippen LogP contribution is -2.45. The van der Waals surface area contributed by atoms with Crippen LogP contribution in [0.15, 0.2) is 99.3 Å². The second-order valence-electron chi connectivity index (χ2n) is 8.72. The SMILES string of the molecule is O=C(NCc1cccc(S(=O)Cc2ccccc2)c1)[C@@H]1CCCN1S(=O)(=O)c1cc2ccccc2o1. The van der Waals surface area contributed by atoms with Crippen LogP contribution in [0.2, 0.25) is 0 Å². The predicted molar refractivity (Wildman–Crippen MR) is 138 cm³/mol. The van der Waals surface area contributed by atoms with Crippen molar-refractivity contribution >= 4 is 37.7 Å². The molecule has 1 aliphatic heterocycles. The third kappa shape index (κ3) is 5.13. The summed E-state index contributed by atoms with van der Waals surface area (Å²) in [6.45, 7) is 0.468. The van der Waals surface area contributed by atoms with Crippen LogP contribution >= 0.6 is 0 Å². The molecular weight excluding hydrogens is 496 g/mol. The Morgan fingerprint density at radius 1 is 0.972 bits per heavy atom. The molecule has 0 bridgehead atoms. The Hall–Kier alpha value is -3.27. The molecule has 36 heavy (non-hydrogen) atoms. The van der Waals surface area contributed by atoms with Crippen molar-refractivity contribution in [1.82, 2.24) is 9.62 Å². The van der Waals surface area contributed by atoms with E-state index in [0.717, 1.165) is 11.1 Å². The first-order chi connectivity index (χ1) is 17.4. The number of nitrogens with one attached hydrogen (secondary N) is 1. The maximum absolute atomic E-state index is 13.3. The Morgan fingerprint density at radius 2 is 1.72 bits per heavy atom. The number of amides is 1. The number of rotatable bonds is 8. The van der Waals surface area contributed by atoms with Gasteiger partial charge in [-0.05, 0) is 42.2 Å². The average molecular weight is 523 g/mol. The van der Waals surface area contributed by atoms with Gasteiger partial charge in [-0.3, -0.25) is 9.00 Å². The van der Waals surface area contributed by atoms with Crippen molar-refractivity contribution < 1.29 is 21.8 Å². The van der Waals surface area contributed by atoms with Crippen LogP contribution in [0.4, 0.5) is 0 Å². The van der Waals surface area contributed by atoms with E-state index in [-0.39, 0.29) is 24.1 Å². The number of para-hydroxylation sites is 1. The Bertz CT molecular complexity index is 1480. The standard InChI is InChI=1S/C27H26N2O5S2/c30-27(28-18-21-10-6-12-23(16-21)35(31)19-20-8-2-1-3-9-20)24-13-7-15-29(24)36(32,33)26-17-22-11-4-5-14-25(22)34-26/h1-6,8-12,14,16-17,24H,7,13,15,18-19H2,(H,28,30)/t24-,35?/m0/s1. The number of hydrogen-bond donors (Lipinski definition) is 1. The Kier molecular flexibility index (Phi) is 7.04. The van der Waals surface area contributed by atoms with Crippen molar-refractivity contribution in [2.75, 3.05) is 6.54 Å². The molecule has 2 atom stereocenters. The minimum atomic E-state index is -3.96. The molecule has 9 heteroatoms. The fraction of sp³-hybridized carbons (Fsp3) is 0.222. The predicted octanol–water partition coefficient (Wildman–Crippen LogP) is 4.21. The van der Waals surface area contributed by atoms with Crippen LogP contribution in [0.25, 0.3) is 11.0 Å². The lowest BCUT2D eigenvalue weighted by molar-refractivity contribution is -0.124. The summed E-state index contributed by atoms with van der Waals surface area (Å²) >= 11 is 0. The van der Waals surface area contributed by atoms with E-state index in [1.54, 1.807) is 18.2 Å². The van der Waals surface area contributed by atoms with Gasteiger partial charge in [-0.15, -0.1) is 0 Å². The monoisotopic (exact) mass is 522 g/mol. The highest BCUT2D eigenvalue weighted by Gasteiger charge is 2.41. The summed E-state index contributed by atoms with van der Waals surface area (Å²) in [5.74, 6) is 0.0517. The second-order valence-corrected chi connectivity index (χ2v) is 12.0. The van der Waals surface area contributed by atoms with E-state index in [1.807, 2.05) is 60.7 Å². The number of carbonyl (C=O) groups excluding carboxylic acids is 1. The van der Waals surface area contributed by atoms with Gasteiger partial charge in [0.2, 0.25) is 11.0 Å². The van der Waals surface area contributed by atoms with Crippen LogP contribution in [0.1, 0.15) is 24.0 Å². The molecule has 1 N–H and O–H groups in total. The summed E-state index contributed by atoms with van der Waals surface area (Å²) in [5.41, 5.74) is 2.27. The van der Waals surface area contributed by atoms with E-state index in [4.69, 9.17) is 4.42 Å². The minimum absolute atomic E-state index is 0.156. The minimum Gasteiger partial charge on any atom is -0.443 e. The molecule has 0 aliphatic carbocycles. The van der Waals surface area contributed by atoms with Crippen molar-refractivity contribution in [3.05, 3.63) is 96.1 Å². The zero-order valence-corrected chi connectivity index (χ0v) is 21.1. The summed E-state index contributed by atoms with van der Waals surface area (Å²) in [5, 5.41) is 3.40. The lowest BCUT2D eigenvalue weighted by atomic mass is 10.2. The van der Waals surface area contributed by atoms with Gasteiger partial charge in [0.25, 0.3) is 10.0 Å². The summed E-state index contributed by atoms with van der Waals surface area (Å²) < 4.78 is 46.2. The molecule has 1 aliphatic rings. The molecule has 1 saturated heterocycles. The van der Waals surface area contributed by atoms with E-state index in [9.17, 15) is 17.4 Å². The number of hydrogen-bond acceptors (Lipinski definition) is 5. The molecule has 0 radical (unpaired) electrons. The first-order valence-electron chi connectivity index (χ1n) is 11.7. The second kappa shape index (κ2) is 10.4. The fourth-order valence-electron chi connectivity index (χ4n) is 4.40. The molecule has 1 fully saturated rings. The number of fused-ring (bicyclic) bond motifs is 1. The normalized spacial score (nSPS) is 17.3. The van der Waals surface area contributed by atoms with Gasteiger partial charge in [-0.1, -0.05) is 60.7 Å². The topological polar surface area (TPSA) is 96.7 Å². The summed E-state index contributed by atoms with van der Waals surface area (Å²) in [6, 6.07) is 24.7. The smallest absolute Gasteiger partial charge is 0.277 e. The van der Waals surface area contributed by atoms with Gasteiger partial charge in [-0.25, -0.2) is 8.42 Å². The van der Waals surface area contributed by atoms with E-state index in [2.05, 4.69) is 5.32 Å². The Morgan fingerprint density at radius 3 is 2.53 bits per heavy atom. The number of nitrogens with zero attached hydrogens (tertiary/aromatic N) is 1. The highest BCUT2D eigenvalue weighted by Crippen LogP contribution is 2.30. The first kappa shape index (κ1) is 24.4. The van der Waals surface area contributed by atoms with E-state index in [0.29, 0.717) is 34.5 Å². The Labute approximate surface area is 212 Å². The molecule has 186 valence electrons. The number of furan rings is 1. The van der Waals surface area contributed by atoms with Crippen LogP contribution in [0.5, 0.6) is 0 Å². The lowest BCUT2D eigenvalue weighted by Gasteiger charge is -2.22. The molecule has 1 aromatic heterocycles. The molecule has 0 saturated carbocycles. The average Bonchev–Trinajstić information content (AvgIpc) is 3.57. The van der Waals surface area contributed by atoms with E-state index >= 15 is 0 Å². The molecule has 1 amide bonds. The van der Waals surface area contributed by atoms with Crippen LogP contribution < -0.4 is 5.32 Å². The highest BCUT2D eigenvalue weighted by molar-refractivity contribution is 7.89. The van der Waals surface area contributed by atoms with Gasteiger partial charge in [0.1, 0.15) is 11.6 Å². The molecule has 3 aromatic carbocycles. The van der Waals surface area contributed by atoms with Crippen LogP contribution in [-0.4, -0.2) is 35.4 Å². The molecule has 0 spiro atoms. The first-order valence-corrected chi connectivity index (χ1v) is 14.5. The van der Waals surface area contributed by atoms with Crippen molar-refractivity contribution in [3.63, 3.8) is 0 Å². The largest absolute Gasteiger partial charge is 0.443 e. The third-order valence-corrected chi connectivity index (χ3v) is 9.38. The quantitative estimate of drug-likeness (QED) is 0.374. The van der Waals surface area contributed by atoms with Gasteiger partial charge in [0.05, 0.1) is 16.6 Å². The van der Waals surface area contributed by atoms with Crippen molar-refractivity contribution in [3.8, 4) is 0 Å². The number of carbonyl (C=O) groups is 1. The molecule has 5 rings (SSSR count).